The number of aromatic amines is 1. The fourth-order valence-corrected chi connectivity index (χ4v) is 2.44. The highest BCUT2D eigenvalue weighted by Crippen LogP contribution is 2.23. The summed E-state index contributed by atoms with van der Waals surface area (Å²) >= 11 is 0. The minimum absolute atomic E-state index is 0.129. The summed E-state index contributed by atoms with van der Waals surface area (Å²) in [6.07, 6.45) is 3.01. The molecular weight excluding hydrogens is 252 g/mol. The Morgan fingerprint density at radius 3 is 3.15 bits per heavy atom. The molecule has 104 valence electrons. The van der Waals surface area contributed by atoms with Crippen LogP contribution in [0.1, 0.15) is 35.0 Å². The number of aryl methyl sites for hydroxylation is 1. The van der Waals surface area contributed by atoms with Crippen molar-refractivity contribution in [2.75, 3.05) is 17.2 Å². The number of fused-ring (bicyclic) bond motifs is 1. The number of nitrogens with zero attached hydrogens (tertiary/aromatic N) is 1. The summed E-state index contributed by atoms with van der Waals surface area (Å²) in [5.74, 6) is 0.447. The summed E-state index contributed by atoms with van der Waals surface area (Å²) in [6.45, 7) is 3.05. The third-order valence-electron chi connectivity index (χ3n) is 3.47. The molecule has 1 aliphatic rings. The van der Waals surface area contributed by atoms with Gasteiger partial charge in [0, 0.05) is 29.6 Å². The summed E-state index contributed by atoms with van der Waals surface area (Å²) in [7, 11) is 0. The first kappa shape index (κ1) is 12.7. The molecule has 0 atom stereocenters. The molecule has 2 heterocycles. The Kier molecular flexibility index (Phi) is 3.41. The van der Waals surface area contributed by atoms with Crippen LogP contribution in [0.4, 0.5) is 11.5 Å². The second-order valence-corrected chi connectivity index (χ2v) is 5.03. The Balaban J connectivity index is 1.72. The first-order valence-corrected chi connectivity index (χ1v) is 6.98. The Morgan fingerprint density at radius 1 is 1.40 bits per heavy atom. The smallest absolute Gasteiger partial charge is 0.256 e. The summed E-state index contributed by atoms with van der Waals surface area (Å²) in [5, 5.41) is 13.1. The summed E-state index contributed by atoms with van der Waals surface area (Å²) in [6, 6.07) is 7.66. The van der Waals surface area contributed by atoms with Crippen LogP contribution in [0.3, 0.4) is 0 Å². The molecule has 1 aromatic carbocycles. The molecule has 0 radical (unpaired) electrons. The summed E-state index contributed by atoms with van der Waals surface area (Å²) < 4.78 is 0. The van der Waals surface area contributed by atoms with E-state index in [1.54, 1.807) is 0 Å². The maximum Gasteiger partial charge on any atom is 0.256 e. The third-order valence-corrected chi connectivity index (χ3v) is 3.47. The van der Waals surface area contributed by atoms with Gasteiger partial charge < -0.3 is 10.6 Å². The Bertz CT molecular complexity index is 633. The number of anilines is 2. The number of H-pyrrole nitrogens is 1. The van der Waals surface area contributed by atoms with Crippen molar-refractivity contribution in [2.45, 2.75) is 26.2 Å². The van der Waals surface area contributed by atoms with Crippen molar-refractivity contribution < 1.29 is 4.79 Å². The van der Waals surface area contributed by atoms with E-state index in [0.717, 1.165) is 37.2 Å². The number of rotatable bonds is 4. The molecule has 0 saturated carbocycles. The van der Waals surface area contributed by atoms with E-state index in [2.05, 4.69) is 27.8 Å². The quantitative estimate of drug-likeness (QED) is 0.799. The zero-order chi connectivity index (χ0) is 13.9. The Hall–Kier alpha value is -2.30. The van der Waals surface area contributed by atoms with Crippen LogP contribution in [0, 0.1) is 0 Å². The average Bonchev–Trinajstić information content (AvgIpc) is 3.07. The van der Waals surface area contributed by atoms with Crippen LogP contribution < -0.4 is 10.6 Å². The zero-order valence-corrected chi connectivity index (χ0v) is 11.5. The first-order chi connectivity index (χ1) is 9.76. The molecule has 5 heteroatoms. The SMILES string of the molecule is CCCc1cc(NC(=O)c2ccc3c(c2)NCC3)n[nH]1. The number of amides is 1. The largest absolute Gasteiger partial charge is 0.384 e. The van der Waals surface area contributed by atoms with E-state index in [0.29, 0.717) is 11.4 Å². The lowest BCUT2D eigenvalue weighted by atomic mass is 10.1. The number of nitrogens with one attached hydrogen (secondary N) is 3. The van der Waals surface area contributed by atoms with Crippen molar-refractivity contribution in [2.24, 2.45) is 0 Å². The number of aromatic nitrogens is 2. The lowest BCUT2D eigenvalue weighted by Crippen LogP contribution is -2.12. The number of carbonyl (C=O) groups excluding carboxylic acids is 1. The topological polar surface area (TPSA) is 69.8 Å². The number of benzene rings is 1. The van der Waals surface area contributed by atoms with Gasteiger partial charge in [0.05, 0.1) is 0 Å². The van der Waals surface area contributed by atoms with Crippen LogP contribution in [-0.4, -0.2) is 22.6 Å². The predicted octanol–water partition coefficient (Wildman–Crippen LogP) is 2.58. The first-order valence-electron chi connectivity index (χ1n) is 6.98. The van der Waals surface area contributed by atoms with E-state index in [9.17, 15) is 4.79 Å². The minimum atomic E-state index is -0.129. The van der Waals surface area contributed by atoms with Gasteiger partial charge in [-0.05, 0) is 30.5 Å². The molecule has 1 aliphatic heterocycles. The van der Waals surface area contributed by atoms with Gasteiger partial charge in [0.25, 0.3) is 5.91 Å². The van der Waals surface area contributed by atoms with Crippen molar-refractivity contribution in [3.05, 3.63) is 41.1 Å². The maximum atomic E-state index is 12.2. The van der Waals surface area contributed by atoms with E-state index in [1.807, 2.05) is 24.3 Å². The Morgan fingerprint density at radius 2 is 2.30 bits per heavy atom. The van der Waals surface area contributed by atoms with Gasteiger partial charge >= 0.3 is 0 Å². The average molecular weight is 270 g/mol. The van der Waals surface area contributed by atoms with E-state index >= 15 is 0 Å². The molecule has 5 nitrogen and oxygen atoms in total. The van der Waals surface area contributed by atoms with Gasteiger partial charge in [-0.2, -0.15) is 5.10 Å². The molecule has 3 N–H and O–H groups in total. The minimum Gasteiger partial charge on any atom is -0.384 e. The van der Waals surface area contributed by atoms with E-state index < -0.39 is 0 Å². The zero-order valence-electron chi connectivity index (χ0n) is 11.5. The van der Waals surface area contributed by atoms with Gasteiger partial charge in [0.2, 0.25) is 0 Å². The van der Waals surface area contributed by atoms with Crippen LogP contribution in [0.25, 0.3) is 0 Å². The van der Waals surface area contributed by atoms with Gasteiger partial charge in [-0.1, -0.05) is 19.4 Å². The van der Waals surface area contributed by atoms with E-state index in [1.165, 1.54) is 5.56 Å². The van der Waals surface area contributed by atoms with Gasteiger partial charge in [-0.3, -0.25) is 9.89 Å². The van der Waals surface area contributed by atoms with Crippen LogP contribution in [0.15, 0.2) is 24.3 Å². The normalized spacial score (nSPS) is 12.8. The maximum absolute atomic E-state index is 12.2. The van der Waals surface area contributed by atoms with E-state index in [4.69, 9.17) is 0 Å². The molecule has 0 unspecified atom stereocenters. The molecule has 20 heavy (non-hydrogen) atoms. The highest BCUT2D eigenvalue weighted by atomic mass is 16.1. The fourth-order valence-electron chi connectivity index (χ4n) is 2.44. The molecule has 2 aromatic rings. The van der Waals surface area contributed by atoms with Crippen LogP contribution >= 0.6 is 0 Å². The van der Waals surface area contributed by atoms with Crippen LogP contribution in [-0.2, 0) is 12.8 Å². The number of hydrogen-bond acceptors (Lipinski definition) is 3. The van der Waals surface area contributed by atoms with Crippen molar-refractivity contribution >= 4 is 17.4 Å². The van der Waals surface area contributed by atoms with Crippen LogP contribution in [0.5, 0.6) is 0 Å². The Labute approximate surface area is 117 Å². The molecule has 0 aliphatic carbocycles. The lowest BCUT2D eigenvalue weighted by Gasteiger charge is -2.05. The van der Waals surface area contributed by atoms with Crippen LogP contribution in [0.2, 0.25) is 0 Å². The van der Waals surface area contributed by atoms with Gasteiger partial charge in [0.1, 0.15) is 0 Å². The standard InChI is InChI=1S/C15H18N4O/c1-2-3-12-9-14(19-18-12)17-15(20)11-5-4-10-6-7-16-13(10)8-11/h4-5,8-9,16H,2-3,6-7H2,1H3,(H2,17,18,19,20). The molecule has 0 bridgehead atoms. The number of hydrogen-bond donors (Lipinski definition) is 3. The molecule has 3 rings (SSSR count). The van der Waals surface area contributed by atoms with Crippen molar-refractivity contribution in [3.8, 4) is 0 Å². The van der Waals surface area contributed by atoms with Crippen molar-refractivity contribution in [1.82, 2.24) is 10.2 Å². The molecule has 1 aromatic heterocycles. The van der Waals surface area contributed by atoms with Crippen molar-refractivity contribution in [1.29, 1.82) is 0 Å². The second-order valence-electron chi connectivity index (χ2n) is 5.03. The van der Waals surface area contributed by atoms with Gasteiger partial charge in [-0.15, -0.1) is 0 Å². The fraction of sp³-hybridized carbons (Fsp3) is 0.333. The highest BCUT2D eigenvalue weighted by molar-refractivity contribution is 6.04. The molecule has 0 fully saturated rings. The molecule has 0 spiro atoms. The van der Waals surface area contributed by atoms with E-state index in [-0.39, 0.29) is 5.91 Å². The summed E-state index contributed by atoms with van der Waals surface area (Å²) in [4.78, 5) is 12.2. The summed E-state index contributed by atoms with van der Waals surface area (Å²) in [5.41, 5.74) is 4.02. The molecule has 0 saturated heterocycles. The highest BCUT2D eigenvalue weighted by Gasteiger charge is 2.14. The predicted molar refractivity (Wildman–Crippen MR) is 79.2 cm³/mol. The monoisotopic (exact) mass is 270 g/mol. The second kappa shape index (κ2) is 5.36. The molecular formula is C15H18N4O. The lowest BCUT2D eigenvalue weighted by molar-refractivity contribution is 0.102. The van der Waals surface area contributed by atoms with Crippen molar-refractivity contribution in [3.63, 3.8) is 0 Å². The van der Waals surface area contributed by atoms with Gasteiger partial charge in [-0.25, -0.2) is 0 Å². The molecule has 1 amide bonds. The van der Waals surface area contributed by atoms with Gasteiger partial charge in [0.15, 0.2) is 5.82 Å². The third kappa shape index (κ3) is 2.52. The number of carbonyl (C=O) groups is 1.